The minimum atomic E-state index is -0.260. The number of rotatable bonds is 6. The van der Waals surface area contributed by atoms with Crippen LogP contribution >= 0.6 is 27.5 Å². The van der Waals surface area contributed by atoms with Gasteiger partial charge in [0.1, 0.15) is 11.5 Å². The lowest BCUT2D eigenvalue weighted by Crippen LogP contribution is -2.12. The second kappa shape index (κ2) is 9.11. The summed E-state index contributed by atoms with van der Waals surface area (Å²) in [6.45, 7) is 10.8. The Morgan fingerprint density at radius 3 is 2.37 bits per heavy atom. The molecule has 5 heteroatoms. The van der Waals surface area contributed by atoms with Crippen molar-refractivity contribution in [3.8, 4) is 11.5 Å². The number of hydrogen-bond donors (Lipinski definition) is 0. The molecular weight excluding hydrogens is 428 g/mol. The molecule has 0 radical (unpaired) electrons. The van der Waals surface area contributed by atoms with Crippen LogP contribution in [0.15, 0.2) is 34.8 Å². The molecule has 2 rings (SSSR count). The lowest BCUT2D eigenvalue weighted by molar-refractivity contribution is -0.134. The van der Waals surface area contributed by atoms with E-state index in [-0.39, 0.29) is 11.4 Å². The van der Waals surface area contributed by atoms with Gasteiger partial charge in [0, 0.05) is 11.4 Å². The zero-order valence-corrected chi connectivity index (χ0v) is 18.8. The van der Waals surface area contributed by atoms with Crippen molar-refractivity contribution in [3.63, 3.8) is 0 Å². The Hall–Kier alpha value is -1.52. The Morgan fingerprint density at radius 1 is 1.15 bits per heavy atom. The molecule has 2 aromatic carbocycles. The summed E-state index contributed by atoms with van der Waals surface area (Å²) in [5.74, 6) is 1.05. The molecule has 146 valence electrons. The molecule has 0 spiro atoms. The van der Waals surface area contributed by atoms with Gasteiger partial charge in [-0.05, 0) is 76.5 Å². The fourth-order valence-electron chi connectivity index (χ4n) is 2.61. The number of esters is 1. The van der Waals surface area contributed by atoms with E-state index < -0.39 is 0 Å². The lowest BCUT2D eigenvalue weighted by Gasteiger charge is -2.19. The number of halogens is 2. The van der Waals surface area contributed by atoms with Crippen molar-refractivity contribution < 1.29 is 14.3 Å². The van der Waals surface area contributed by atoms with Crippen LogP contribution in [-0.2, 0) is 10.2 Å². The van der Waals surface area contributed by atoms with E-state index in [0.29, 0.717) is 25.2 Å². The van der Waals surface area contributed by atoms with Gasteiger partial charge < -0.3 is 9.47 Å². The molecule has 0 N–H and O–H groups in total. The Bertz CT molecular complexity index is 808. The zero-order chi connectivity index (χ0) is 20.2. The Labute approximate surface area is 175 Å². The highest BCUT2D eigenvalue weighted by Gasteiger charge is 2.14. The summed E-state index contributed by atoms with van der Waals surface area (Å²) < 4.78 is 12.0. The third kappa shape index (κ3) is 5.98. The van der Waals surface area contributed by atoms with Gasteiger partial charge >= 0.3 is 5.97 Å². The SMILES string of the molecule is Cc1cc(OCCCC(=O)Oc2ccc(C(C)(C)C)cc2)c(Br)c(C)c1Cl. The smallest absolute Gasteiger partial charge is 0.311 e. The first-order chi connectivity index (χ1) is 12.6. The molecule has 27 heavy (non-hydrogen) atoms. The van der Waals surface area contributed by atoms with Crippen LogP contribution in [0.3, 0.4) is 0 Å². The molecule has 0 heterocycles. The van der Waals surface area contributed by atoms with E-state index in [1.54, 1.807) is 0 Å². The van der Waals surface area contributed by atoms with Gasteiger partial charge in [0.05, 0.1) is 11.1 Å². The van der Waals surface area contributed by atoms with Gasteiger partial charge in [-0.15, -0.1) is 0 Å². The van der Waals surface area contributed by atoms with Gasteiger partial charge in [-0.2, -0.15) is 0 Å². The van der Waals surface area contributed by atoms with Crippen LogP contribution in [0, 0.1) is 13.8 Å². The fourth-order valence-corrected chi connectivity index (χ4v) is 3.30. The number of hydrogen-bond acceptors (Lipinski definition) is 3. The normalized spacial score (nSPS) is 11.4. The highest BCUT2D eigenvalue weighted by atomic mass is 79.9. The molecule has 0 saturated heterocycles. The lowest BCUT2D eigenvalue weighted by atomic mass is 9.87. The van der Waals surface area contributed by atoms with Crippen molar-refractivity contribution >= 4 is 33.5 Å². The summed E-state index contributed by atoms with van der Waals surface area (Å²) in [5, 5.41) is 0.732. The average Bonchev–Trinajstić information content (AvgIpc) is 2.60. The summed E-state index contributed by atoms with van der Waals surface area (Å²) in [7, 11) is 0. The summed E-state index contributed by atoms with van der Waals surface area (Å²) in [5.41, 5.74) is 3.19. The second-order valence-electron chi connectivity index (χ2n) is 7.65. The number of carbonyl (C=O) groups is 1. The molecule has 0 saturated carbocycles. The minimum absolute atomic E-state index is 0.0759. The molecular formula is C22H26BrClO3. The van der Waals surface area contributed by atoms with Crippen molar-refractivity contribution in [1.29, 1.82) is 0 Å². The van der Waals surface area contributed by atoms with Crippen molar-refractivity contribution in [2.75, 3.05) is 6.61 Å². The molecule has 0 aliphatic heterocycles. The average molecular weight is 454 g/mol. The maximum atomic E-state index is 12.0. The summed E-state index contributed by atoms with van der Waals surface area (Å²) in [4.78, 5) is 12.0. The Kier molecular flexibility index (Phi) is 7.35. The van der Waals surface area contributed by atoms with E-state index in [2.05, 4.69) is 36.7 Å². The molecule has 0 fully saturated rings. The van der Waals surface area contributed by atoms with E-state index >= 15 is 0 Å². The molecule has 3 nitrogen and oxygen atoms in total. The molecule has 0 atom stereocenters. The van der Waals surface area contributed by atoms with Gasteiger partial charge in [-0.1, -0.05) is 44.5 Å². The number of carbonyl (C=O) groups excluding carboxylic acids is 1. The highest BCUT2D eigenvalue weighted by molar-refractivity contribution is 9.10. The Balaban J connectivity index is 1.82. The monoisotopic (exact) mass is 452 g/mol. The van der Waals surface area contributed by atoms with Gasteiger partial charge in [-0.25, -0.2) is 0 Å². The zero-order valence-electron chi connectivity index (χ0n) is 16.5. The number of benzene rings is 2. The van der Waals surface area contributed by atoms with E-state index in [1.807, 2.05) is 44.2 Å². The van der Waals surface area contributed by atoms with E-state index in [9.17, 15) is 4.79 Å². The van der Waals surface area contributed by atoms with Crippen molar-refractivity contribution in [2.24, 2.45) is 0 Å². The minimum Gasteiger partial charge on any atom is -0.492 e. The van der Waals surface area contributed by atoms with Gasteiger partial charge in [0.2, 0.25) is 0 Å². The number of aryl methyl sites for hydroxylation is 1. The second-order valence-corrected chi connectivity index (χ2v) is 8.82. The van der Waals surface area contributed by atoms with Gasteiger partial charge in [0.15, 0.2) is 0 Å². The number of ether oxygens (including phenoxy) is 2. The molecule has 2 aromatic rings. The predicted molar refractivity (Wildman–Crippen MR) is 114 cm³/mol. The molecule has 0 bridgehead atoms. The predicted octanol–water partition coefficient (Wildman–Crippen LogP) is 6.78. The van der Waals surface area contributed by atoms with Crippen molar-refractivity contribution in [1.82, 2.24) is 0 Å². The van der Waals surface area contributed by atoms with Crippen LogP contribution < -0.4 is 9.47 Å². The molecule has 0 aromatic heterocycles. The maximum absolute atomic E-state index is 12.0. The molecule has 0 unspecified atom stereocenters. The van der Waals surface area contributed by atoms with Crippen LogP contribution in [0.1, 0.15) is 50.3 Å². The first kappa shape index (κ1) is 21.8. The van der Waals surface area contributed by atoms with Crippen molar-refractivity contribution in [2.45, 2.75) is 52.9 Å². The third-order valence-corrected chi connectivity index (χ3v) is 5.87. The van der Waals surface area contributed by atoms with E-state index in [4.69, 9.17) is 21.1 Å². The summed E-state index contributed by atoms with van der Waals surface area (Å²) >= 11 is 9.73. The standard InChI is InChI=1S/C22H26BrClO3/c1-14-13-18(20(23)15(2)21(14)24)26-12-6-7-19(25)27-17-10-8-16(9-11-17)22(3,4)5/h8-11,13H,6-7,12H2,1-5H3. The van der Waals surface area contributed by atoms with Crippen LogP contribution in [-0.4, -0.2) is 12.6 Å². The first-order valence-electron chi connectivity index (χ1n) is 8.99. The Morgan fingerprint density at radius 2 is 1.78 bits per heavy atom. The van der Waals surface area contributed by atoms with E-state index in [0.717, 1.165) is 26.4 Å². The quantitative estimate of drug-likeness (QED) is 0.275. The van der Waals surface area contributed by atoms with Gasteiger partial charge in [-0.3, -0.25) is 4.79 Å². The molecule has 0 amide bonds. The third-order valence-electron chi connectivity index (χ3n) is 4.30. The maximum Gasteiger partial charge on any atom is 0.311 e. The topological polar surface area (TPSA) is 35.5 Å². The van der Waals surface area contributed by atoms with E-state index in [1.165, 1.54) is 5.56 Å². The largest absolute Gasteiger partial charge is 0.492 e. The fraction of sp³-hybridized carbons (Fsp3) is 0.409. The summed E-state index contributed by atoms with van der Waals surface area (Å²) in [6.07, 6.45) is 0.871. The van der Waals surface area contributed by atoms with Crippen LogP contribution in [0.25, 0.3) is 0 Å². The van der Waals surface area contributed by atoms with Crippen LogP contribution in [0.2, 0.25) is 5.02 Å². The van der Waals surface area contributed by atoms with Crippen LogP contribution in [0.4, 0.5) is 0 Å². The highest BCUT2D eigenvalue weighted by Crippen LogP contribution is 2.35. The van der Waals surface area contributed by atoms with Gasteiger partial charge in [0.25, 0.3) is 0 Å². The van der Waals surface area contributed by atoms with Crippen molar-refractivity contribution in [3.05, 3.63) is 56.5 Å². The molecule has 0 aliphatic carbocycles. The first-order valence-corrected chi connectivity index (χ1v) is 10.2. The summed E-state index contributed by atoms with van der Waals surface area (Å²) in [6, 6.07) is 9.56. The van der Waals surface area contributed by atoms with Crippen LogP contribution in [0.5, 0.6) is 11.5 Å². The molecule has 0 aliphatic rings.